The molecule has 0 aromatic heterocycles. The lowest BCUT2D eigenvalue weighted by molar-refractivity contribution is -0.139. The molecule has 0 atom stereocenters. The molecule has 0 fully saturated rings. The summed E-state index contributed by atoms with van der Waals surface area (Å²) in [5, 5.41) is 0. The van der Waals surface area contributed by atoms with Gasteiger partial charge in [-0.3, -0.25) is 0 Å². The van der Waals surface area contributed by atoms with E-state index in [1.165, 1.54) is 0 Å². The third-order valence-electron chi connectivity index (χ3n) is 2.18. The van der Waals surface area contributed by atoms with Crippen LogP contribution >= 0.6 is 0 Å². The Balaban J connectivity index is 3.33. The van der Waals surface area contributed by atoms with E-state index in [1.807, 2.05) is 0 Å². The van der Waals surface area contributed by atoms with Crippen LogP contribution < -0.4 is 10.5 Å². The third kappa shape index (κ3) is 2.85. The van der Waals surface area contributed by atoms with E-state index in [-0.39, 0.29) is 0 Å². The maximum atomic E-state index is 13.2. The Kier molecular flexibility index (Phi) is 3.61. The Morgan fingerprint density at radius 3 is 2.18 bits per heavy atom. The molecule has 0 bridgehead atoms. The molecule has 96 valence electrons. The van der Waals surface area contributed by atoms with Gasteiger partial charge >= 0.3 is 6.18 Å². The van der Waals surface area contributed by atoms with Gasteiger partial charge in [-0.1, -0.05) is 0 Å². The van der Waals surface area contributed by atoms with E-state index in [0.29, 0.717) is 6.07 Å². The zero-order valence-corrected chi connectivity index (χ0v) is 8.81. The van der Waals surface area contributed by atoms with Crippen molar-refractivity contribution < 1.29 is 26.7 Å². The number of ether oxygens (including phenoxy) is 1. The van der Waals surface area contributed by atoms with Gasteiger partial charge in [-0.05, 0) is 18.2 Å². The van der Waals surface area contributed by atoms with E-state index in [2.05, 4.69) is 4.74 Å². The lowest BCUT2D eigenvalue weighted by Crippen LogP contribution is -2.25. The average molecular weight is 255 g/mol. The van der Waals surface area contributed by atoms with E-state index in [1.54, 1.807) is 0 Å². The number of methoxy groups -OCH3 is 1. The summed E-state index contributed by atoms with van der Waals surface area (Å²) in [5.41, 5.74) is 2.78. The minimum absolute atomic E-state index is 0.353. The first-order valence-corrected chi connectivity index (χ1v) is 4.56. The van der Waals surface area contributed by atoms with Crippen LogP contribution in [0.5, 0.6) is 5.75 Å². The fraction of sp³-hybridized carbons (Fsp3) is 0.400. The van der Waals surface area contributed by atoms with Crippen LogP contribution in [-0.2, 0) is 12.1 Å². The first kappa shape index (κ1) is 13.7. The molecular formula is C10H10F5NO. The summed E-state index contributed by atoms with van der Waals surface area (Å²) in [6.45, 7) is -1.06. The summed E-state index contributed by atoms with van der Waals surface area (Å²) in [4.78, 5) is 0. The van der Waals surface area contributed by atoms with Crippen LogP contribution in [0.15, 0.2) is 18.2 Å². The molecule has 0 saturated carbocycles. The monoisotopic (exact) mass is 255 g/mol. The first-order valence-electron chi connectivity index (χ1n) is 4.56. The van der Waals surface area contributed by atoms with Crippen molar-refractivity contribution in [3.8, 4) is 5.75 Å². The van der Waals surface area contributed by atoms with E-state index < -0.39 is 35.5 Å². The summed E-state index contributed by atoms with van der Waals surface area (Å²) in [6, 6.07) is 2.06. The minimum Gasteiger partial charge on any atom is -0.496 e. The average Bonchev–Trinajstić information content (AvgIpc) is 2.27. The van der Waals surface area contributed by atoms with Crippen LogP contribution in [-0.4, -0.2) is 13.7 Å². The molecule has 1 aromatic carbocycles. The van der Waals surface area contributed by atoms with Gasteiger partial charge in [0.25, 0.3) is 5.92 Å². The largest absolute Gasteiger partial charge is 0.496 e. The Labute approximate surface area is 94.2 Å². The number of alkyl halides is 5. The van der Waals surface area contributed by atoms with Crippen molar-refractivity contribution in [2.24, 2.45) is 5.73 Å². The molecule has 0 amide bonds. The highest BCUT2D eigenvalue weighted by atomic mass is 19.4. The Bertz CT molecular complexity index is 402. The minimum atomic E-state index is -4.76. The molecule has 0 spiro atoms. The third-order valence-corrected chi connectivity index (χ3v) is 2.18. The second-order valence-corrected chi connectivity index (χ2v) is 3.32. The van der Waals surface area contributed by atoms with E-state index in [4.69, 9.17) is 5.73 Å². The Morgan fingerprint density at radius 1 is 1.18 bits per heavy atom. The van der Waals surface area contributed by atoms with Gasteiger partial charge in [0.05, 0.1) is 19.2 Å². The second-order valence-electron chi connectivity index (χ2n) is 3.32. The van der Waals surface area contributed by atoms with E-state index in [9.17, 15) is 22.0 Å². The zero-order chi connectivity index (χ0) is 13.3. The number of hydrogen-bond acceptors (Lipinski definition) is 2. The Hall–Kier alpha value is -1.37. The molecular weight excluding hydrogens is 245 g/mol. The summed E-state index contributed by atoms with van der Waals surface area (Å²) >= 11 is 0. The topological polar surface area (TPSA) is 35.2 Å². The summed E-state index contributed by atoms with van der Waals surface area (Å²) < 4.78 is 68.4. The number of benzene rings is 1. The van der Waals surface area contributed by atoms with Crippen molar-refractivity contribution in [2.45, 2.75) is 12.1 Å². The SMILES string of the molecule is COc1ccc(C(F)(F)CN)cc1C(F)(F)F. The van der Waals surface area contributed by atoms with E-state index in [0.717, 1.165) is 19.2 Å². The molecule has 2 N–H and O–H groups in total. The lowest BCUT2D eigenvalue weighted by atomic mass is 10.0. The highest BCUT2D eigenvalue weighted by Gasteiger charge is 2.38. The smallest absolute Gasteiger partial charge is 0.419 e. The van der Waals surface area contributed by atoms with Crippen LogP contribution in [0.25, 0.3) is 0 Å². The maximum absolute atomic E-state index is 13.2. The molecule has 1 aromatic rings. The predicted octanol–water partition coefficient (Wildman–Crippen LogP) is 2.76. The fourth-order valence-electron chi connectivity index (χ4n) is 1.27. The van der Waals surface area contributed by atoms with Crippen LogP contribution in [0.1, 0.15) is 11.1 Å². The quantitative estimate of drug-likeness (QED) is 0.843. The highest BCUT2D eigenvalue weighted by molar-refractivity contribution is 5.40. The van der Waals surface area contributed by atoms with Crippen molar-refractivity contribution in [1.82, 2.24) is 0 Å². The van der Waals surface area contributed by atoms with Crippen molar-refractivity contribution in [1.29, 1.82) is 0 Å². The molecule has 0 radical (unpaired) electrons. The fourth-order valence-corrected chi connectivity index (χ4v) is 1.27. The second kappa shape index (κ2) is 4.48. The predicted molar refractivity (Wildman–Crippen MR) is 50.9 cm³/mol. The summed E-state index contributed by atoms with van der Waals surface area (Å²) in [6.07, 6.45) is -4.76. The van der Waals surface area contributed by atoms with Gasteiger partial charge in [0.1, 0.15) is 5.75 Å². The molecule has 0 saturated heterocycles. The van der Waals surface area contributed by atoms with Crippen LogP contribution in [0, 0.1) is 0 Å². The Morgan fingerprint density at radius 2 is 1.76 bits per heavy atom. The van der Waals surface area contributed by atoms with Gasteiger partial charge in [-0.2, -0.15) is 22.0 Å². The summed E-state index contributed by atoms with van der Waals surface area (Å²) in [5.74, 6) is -4.00. The molecule has 0 aliphatic rings. The molecule has 2 nitrogen and oxygen atoms in total. The molecule has 1 rings (SSSR count). The van der Waals surface area contributed by atoms with Crippen molar-refractivity contribution in [2.75, 3.05) is 13.7 Å². The standard InChI is InChI=1S/C10H10F5NO/c1-17-8-3-2-6(9(11,12)5-16)4-7(8)10(13,14)15/h2-4H,5,16H2,1H3. The van der Waals surface area contributed by atoms with Gasteiger partial charge in [0.15, 0.2) is 0 Å². The van der Waals surface area contributed by atoms with Crippen LogP contribution in [0.2, 0.25) is 0 Å². The molecule has 0 heterocycles. The summed E-state index contributed by atoms with van der Waals surface area (Å²) in [7, 11) is 1.03. The number of hydrogen-bond donors (Lipinski definition) is 1. The molecule has 0 unspecified atom stereocenters. The molecule has 0 aliphatic heterocycles. The van der Waals surface area contributed by atoms with Crippen LogP contribution in [0.4, 0.5) is 22.0 Å². The molecule has 7 heteroatoms. The highest BCUT2D eigenvalue weighted by Crippen LogP contribution is 2.39. The maximum Gasteiger partial charge on any atom is 0.419 e. The van der Waals surface area contributed by atoms with Gasteiger partial charge in [0, 0.05) is 5.56 Å². The van der Waals surface area contributed by atoms with Crippen LogP contribution in [0.3, 0.4) is 0 Å². The first-order chi connectivity index (χ1) is 7.72. The zero-order valence-electron chi connectivity index (χ0n) is 8.81. The van der Waals surface area contributed by atoms with Crippen molar-refractivity contribution >= 4 is 0 Å². The van der Waals surface area contributed by atoms with Crippen molar-refractivity contribution in [3.05, 3.63) is 29.3 Å². The van der Waals surface area contributed by atoms with E-state index >= 15 is 0 Å². The number of rotatable bonds is 3. The number of nitrogens with two attached hydrogens (primary N) is 1. The van der Waals surface area contributed by atoms with Gasteiger partial charge < -0.3 is 10.5 Å². The number of halogens is 5. The van der Waals surface area contributed by atoms with Gasteiger partial charge in [0.2, 0.25) is 0 Å². The lowest BCUT2D eigenvalue weighted by Gasteiger charge is -2.18. The van der Waals surface area contributed by atoms with Gasteiger partial charge in [-0.15, -0.1) is 0 Å². The van der Waals surface area contributed by atoms with Crippen molar-refractivity contribution in [3.63, 3.8) is 0 Å². The molecule has 0 aliphatic carbocycles. The normalized spacial score (nSPS) is 12.6. The molecule has 17 heavy (non-hydrogen) atoms. The van der Waals surface area contributed by atoms with Gasteiger partial charge in [-0.25, -0.2) is 0 Å².